The van der Waals surface area contributed by atoms with Crippen molar-refractivity contribution in [1.82, 2.24) is 19.4 Å². The SMILES string of the molecule is COc1ccccc1C1SC(CC(=O)N2CCC(n3cc(-c4ccccc4)[nH]c3=O)CC2)C(=O)N1CCC(C)C.[HH]. The minimum atomic E-state index is -0.423. The van der Waals surface area contributed by atoms with Gasteiger partial charge in [0.15, 0.2) is 0 Å². The minimum absolute atomic E-state index is 0. The van der Waals surface area contributed by atoms with Crippen molar-refractivity contribution >= 4 is 23.6 Å². The molecule has 2 aromatic carbocycles. The summed E-state index contributed by atoms with van der Waals surface area (Å²) in [6, 6.07) is 17.6. The Labute approximate surface area is 241 Å². The molecule has 1 N–H and O–H groups in total. The van der Waals surface area contributed by atoms with Crippen LogP contribution in [0.15, 0.2) is 65.6 Å². The maximum Gasteiger partial charge on any atom is 0.326 e. The van der Waals surface area contributed by atoms with Crippen molar-refractivity contribution in [1.29, 1.82) is 0 Å². The number of methoxy groups -OCH3 is 1. The number of carbonyl (C=O) groups is 2. The predicted octanol–water partition coefficient (Wildman–Crippen LogP) is 5.34. The maximum absolute atomic E-state index is 13.6. The number of hydrogen-bond acceptors (Lipinski definition) is 5. The van der Waals surface area contributed by atoms with E-state index >= 15 is 0 Å². The molecule has 5 rings (SSSR count). The first-order chi connectivity index (χ1) is 19.4. The van der Waals surface area contributed by atoms with Crippen molar-refractivity contribution in [3.05, 3.63) is 76.8 Å². The van der Waals surface area contributed by atoms with Gasteiger partial charge in [0.05, 0.1) is 18.1 Å². The minimum Gasteiger partial charge on any atom is -0.496 e. The third-order valence-corrected chi connectivity index (χ3v) is 9.35. The van der Waals surface area contributed by atoms with E-state index in [9.17, 15) is 14.4 Å². The van der Waals surface area contributed by atoms with E-state index in [2.05, 4.69) is 18.8 Å². The number of ether oxygens (including phenoxy) is 1. The standard InChI is InChI=1S/C31H38N4O4S.H2/c1-21(2)13-18-34-29(37)27(40-30(34)24-11-7-8-12-26(24)39-3)19-28(36)33-16-14-23(15-17-33)35-20-25(32-31(35)38)22-9-5-4-6-10-22;/h4-12,20-21,23,27,30H,13-19H2,1-3H3,(H,32,38);1H. The molecular formula is C31H40N4O4S. The summed E-state index contributed by atoms with van der Waals surface area (Å²) in [6.45, 7) is 6.10. The first-order valence-corrected chi connectivity index (χ1v) is 15.0. The molecule has 3 heterocycles. The number of carbonyl (C=O) groups excluding carboxylic acids is 2. The summed E-state index contributed by atoms with van der Waals surface area (Å²) in [6.07, 6.45) is 4.37. The molecule has 3 aromatic rings. The second-order valence-corrected chi connectivity index (χ2v) is 12.3. The largest absolute Gasteiger partial charge is 0.496 e. The molecule has 2 atom stereocenters. The Hall–Kier alpha value is -3.46. The quantitative estimate of drug-likeness (QED) is 0.379. The monoisotopic (exact) mass is 564 g/mol. The van der Waals surface area contributed by atoms with Crippen LogP contribution in [0.5, 0.6) is 5.75 Å². The van der Waals surface area contributed by atoms with Crippen LogP contribution in [0.25, 0.3) is 11.3 Å². The van der Waals surface area contributed by atoms with Crippen molar-refractivity contribution in [2.75, 3.05) is 26.7 Å². The van der Waals surface area contributed by atoms with Gasteiger partial charge in [0.25, 0.3) is 0 Å². The van der Waals surface area contributed by atoms with Gasteiger partial charge in [-0.25, -0.2) is 4.79 Å². The Kier molecular flexibility index (Phi) is 8.69. The van der Waals surface area contributed by atoms with Crippen molar-refractivity contribution in [3.8, 4) is 17.0 Å². The van der Waals surface area contributed by atoms with Crippen molar-refractivity contribution in [2.45, 2.75) is 56.2 Å². The van der Waals surface area contributed by atoms with Crippen LogP contribution in [-0.2, 0) is 9.59 Å². The van der Waals surface area contributed by atoms with Crippen LogP contribution in [0.3, 0.4) is 0 Å². The third kappa shape index (κ3) is 5.99. The number of piperidine rings is 1. The average molecular weight is 565 g/mol. The summed E-state index contributed by atoms with van der Waals surface area (Å²) < 4.78 is 7.38. The number of hydrogen-bond donors (Lipinski definition) is 1. The van der Waals surface area contributed by atoms with Crippen LogP contribution in [0.2, 0.25) is 0 Å². The Bertz CT molecular complexity index is 1380. The molecule has 9 heteroatoms. The zero-order chi connectivity index (χ0) is 28.2. The molecule has 2 saturated heterocycles. The summed E-state index contributed by atoms with van der Waals surface area (Å²) in [5.41, 5.74) is 2.61. The van der Waals surface area contributed by atoms with E-state index in [-0.39, 0.29) is 36.8 Å². The van der Waals surface area contributed by atoms with Crippen LogP contribution < -0.4 is 10.4 Å². The highest BCUT2D eigenvalue weighted by molar-refractivity contribution is 8.01. The molecule has 0 spiro atoms. The molecule has 2 unspecified atom stereocenters. The maximum atomic E-state index is 13.6. The van der Waals surface area contributed by atoms with Crippen molar-refractivity contribution < 1.29 is 15.8 Å². The smallest absolute Gasteiger partial charge is 0.326 e. The van der Waals surface area contributed by atoms with Gasteiger partial charge in [-0.05, 0) is 36.8 Å². The number of imidazole rings is 1. The number of aromatic nitrogens is 2. The number of nitrogens with one attached hydrogen (secondary N) is 1. The number of para-hydroxylation sites is 1. The summed E-state index contributed by atoms with van der Waals surface area (Å²) in [7, 11) is 1.65. The topological polar surface area (TPSA) is 87.6 Å². The number of rotatable bonds is 9. The van der Waals surface area contributed by atoms with Gasteiger partial charge in [-0.2, -0.15) is 0 Å². The molecular weight excluding hydrogens is 524 g/mol. The number of nitrogens with zero attached hydrogens (tertiary/aromatic N) is 3. The molecule has 214 valence electrons. The molecule has 2 amide bonds. The van der Waals surface area contributed by atoms with Gasteiger partial charge in [0, 0.05) is 45.3 Å². The Balaban J connectivity index is 0.00000387. The number of likely N-dealkylation sites (tertiary alicyclic amines) is 1. The second kappa shape index (κ2) is 12.4. The summed E-state index contributed by atoms with van der Waals surface area (Å²) in [5, 5.41) is -0.599. The highest BCUT2D eigenvalue weighted by atomic mass is 32.2. The number of H-pyrrole nitrogens is 1. The molecule has 1 aromatic heterocycles. The van der Waals surface area contributed by atoms with Crippen LogP contribution in [-0.4, -0.2) is 63.2 Å². The Morgan fingerprint density at radius 3 is 2.48 bits per heavy atom. The van der Waals surface area contributed by atoms with Gasteiger partial charge in [-0.1, -0.05) is 62.4 Å². The first-order valence-electron chi connectivity index (χ1n) is 14.1. The fourth-order valence-corrected chi connectivity index (χ4v) is 7.09. The van der Waals surface area contributed by atoms with Gasteiger partial charge in [0.2, 0.25) is 11.8 Å². The van der Waals surface area contributed by atoms with Crippen molar-refractivity contribution in [3.63, 3.8) is 0 Å². The van der Waals surface area contributed by atoms with E-state index in [0.29, 0.717) is 38.4 Å². The van der Waals surface area contributed by atoms with E-state index in [1.165, 1.54) is 0 Å². The van der Waals surface area contributed by atoms with Crippen LogP contribution in [0.1, 0.15) is 57.9 Å². The van der Waals surface area contributed by atoms with Crippen LogP contribution in [0, 0.1) is 5.92 Å². The summed E-state index contributed by atoms with van der Waals surface area (Å²) in [5.74, 6) is 1.25. The van der Waals surface area contributed by atoms with Gasteiger partial charge in [0.1, 0.15) is 11.1 Å². The molecule has 40 heavy (non-hydrogen) atoms. The highest BCUT2D eigenvalue weighted by Gasteiger charge is 2.43. The second-order valence-electron chi connectivity index (χ2n) is 11.0. The molecule has 2 fully saturated rings. The zero-order valence-corrected chi connectivity index (χ0v) is 24.2. The molecule has 0 bridgehead atoms. The van der Waals surface area contributed by atoms with E-state index in [4.69, 9.17) is 4.74 Å². The molecule has 0 radical (unpaired) electrons. The normalized spacial score (nSPS) is 19.9. The lowest BCUT2D eigenvalue weighted by atomic mass is 10.0. The zero-order valence-electron chi connectivity index (χ0n) is 23.4. The molecule has 2 aliphatic heterocycles. The van der Waals surface area contributed by atoms with E-state index in [1.807, 2.05) is 70.6 Å². The Morgan fingerprint density at radius 2 is 1.77 bits per heavy atom. The molecule has 0 aliphatic carbocycles. The average Bonchev–Trinajstić information content (AvgIpc) is 3.51. The third-order valence-electron chi connectivity index (χ3n) is 7.89. The lowest BCUT2D eigenvalue weighted by Crippen LogP contribution is -2.42. The Morgan fingerprint density at radius 1 is 1.07 bits per heavy atom. The number of aromatic amines is 1. The van der Waals surface area contributed by atoms with E-state index < -0.39 is 5.25 Å². The summed E-state index contributed by atoms with van der Waals surface area (Å²) >= 11 is 1.55. The number of benzene rings is 2. The fourth-order valence-electron chi connectivity index (χ4n) is 5.59. The molecule has 2 aliphatic rings. The summed E-state index contributed by atoms with van der Waals surface area (Å²) in [4.78, 5) is 46.4. The first kappa shape index (κ1) is 28.1. The number of thioether (sulfide) groups is 1. The van der Waals surface area contributed by atoms with Crippen LogP contribution in [0.4, 0.5) is 0 Å². The predicted molar refractivity (Wildman–Crippen MR) is 160 cm³/mol. The van der Waals surface area contributed by atoms with Crippen LogP contribution >= 0.6 is 11.8 Å². The molecule has 8 nitrogen and oxygen atoms in total. The lowest BCUT2D eigenvalue weighted by molar-refractivity contribution is -0.136. The van der Waals surface area contributed by atoms with E-state index in [0.717, 1.165) is 29.0 Å². The number of amides is 2. The fraction of sp³-hybridized carbons (Fsp3) is 0.452. The van der Waals surface area contributed by atoms with E-state index in [1.54, 1.807) is 23.4 Å². The van der Waals surface area contributed by atoms with Gasteiger partial charge in [-0.15, -0.1) is 11.8 Å². The molecule has 0 saturated carbocycles. The highest BCUT2D eigenvalue weighted by Crippen LogP contribution is 2.47. The van der Waals surface area contributed by atoms with Crippen molar-refractivity contribution in [2.24, 2.45) is 5.92 Å². The van der Waals surface area contributed by atoms with Gasteiger partial charge >= 0.3 is 5.69 Å². The lowest BCUT2D eigenvalue weighted by Gasteiger charge is -2.32. The van der Waals surface area contributed by atoms with Gasteiger partial charge in [-0.3, -0.25) is 14.2 Å². The van der Waals surface area contributed by atoms with Gasteiger partial charge < -0.3 is 19.5 Å².